The number of anilines is 1. The number of nitrogens with one attached hydrogen (secondary N) is 2. The Morgan fingerprint density at radius 1 is 1.38 bits per heavy atom. The number of benzene rings is 1. The van der Waals surface area contributed by atoms with E-state index in [4.69, 9.17) is 5.73 Å². The summed E-state index contributed by atoms with van der Waals surface area (Å²) in [5, 5.41) is 2.87. The Morgan fingerprint density at radius 3 is 2.71 bits per heavy atom. The number of nitrogens with two attached hydrogens (primary N) is 1. The van der Waals surface area contributed by atoms with Crippen LogP contribution in [0.15, 0.2) is 23.1 Å². The van der Waals surface area contributed by atoms with E-state index >= 15 is 0 Å². The van der Waals surface area contributed by atoms with Crippen molar-refractivity contribution < 1.29 is 13.2 Å². The van der Waals surface area contributed by atoms with Gasteiger partial charge in [-0.3, -0.25) is 4.79 Å². The van der Waals surface area contributed by atoms with Crippen LogP contribution < -0.4 is 15.8 Å². The standard InChI is InChI=1S/C14H21N3O3S/c1-10-4-2-5-12(15)14(10)21(19,20)16-9-3-6-13(18)17-11-7-8-11/h2,4-5,11,16H,3,6-9,15H2,1H3,(H,17,18). The molecule has 0 heterocycles. The summed E-state index contributed by atoms with van der Waals surface area (Å²) in [6, 6.07) is 5.31. The highest BCUT2D eigenvalue weighted by Crippen LogP contribution is 2.22. The normalized spacial score (nSPS) is 14.9. The SMILES string of the molecule is Cc1cccc(N)c1S(=O)(=O)NCCCC(=O)NC1CC1. The van der Waals surface area contributed by atoms with E-state index in [1.54, 1.807) is 25.1 Å². The van der Waals surface area contributed by atoms with Gasteiger partial charge in [0.25, 0.3) is 0 Å². The quantitative estimate of drug-likeness (QED) is 0.514. The summed E-state index contributed by atoms with van der Waals surface area (Å²) < 4.78 is 26.9. The Labute approximate surface area is 125 Å². The summed E-state index contributed by atoms with van der Waals surface area (Å²) in [5.74, 6) is -0.0212. The third-order valence-corrected chi connectivity index (χ3v) is 5.01. The molecule has 0 saturated heterocycles. The van der Waals surface area contributed by atoms with Crippen molar-refractivity contribution in [2.45, 2.75) is 43.5 Å². The van der Waals surface area contributed by atoms with Crippen LogP contribution in [0.25, 0.3) is 0 Å². The van der Waals surface area contributed by atoms with Crippen molar-refractivity contribution in [3.63, 3.8) is 0 Å². The van der Waals surface area contributed by atoms with Crippen LogP contribution in [0.1, 0.15) is 31.2 Å². The first-order valence-corrected chi connectivity index (χ1v) is 8.52. The minimum Gasteiger partial charge on any atom is -0.398 e. The van der Waals surface area contributed by atoms with Crippen molar-refractivity contribution >= 4 is 21.6 Å². The van der Waals surface area contributed by atoms with E-state index in [9.17, 15) is 13.2 Å². The van der Waals surface area contributed by atoms with E-state index < -0.39 is 10.0 Å². The van der Waals surface area contributed by atoms with Gasteiger partial charge in [0.05, 0.1) is 5.69 Å². The summed E-state index contributed by atoms with van der Waals surface area (Å²) >= 11 is 0. The Kier molecular flexibility index (Phi) is 4.84. The van der Waals surface area contributed by atoms with Crippen molar-refractivity contribution in [1.29, 1.82) is 0 Å². The van der Waals surface area contributed by atoms with Crippen LogP contribution in [0.2, 0.25) is 0 Å². The zero-order valence-electron chi connectivity index (χ0n) is 12.1. The van der Waals surface area contributed by atoms with Gasteiger partial charge in [-0.25, -0.2) is 13.1 Å². The molecule has 1 aromatic rings. The molecule has 0 aliphatic heterocycles. The lowest BCUT2D eigenvalue weighted by Gasteiger charge is -2.11. The Balaban J connectivity index is 1.85. The largest absolute Gasteiger partial charge is 0.398 e. The fraction of sp³-hybridized carbons (Fsp3) is 0.500. The van der Waals surface area contributed by atoms with E-state index in [2.05, 4.69) is 10.0 Å². The summed E-state index contributed by atoms with van der Waals surface area (Å²) in [5.41, 5.74) is 6.57. The molecular formula is C14H21N3O3S. The molecule has 0 radical (unpaired) electrons. The van der Waals surface area contributed by atoms with E-state index in [0.717, 1.165) is 12.8 Å². The first kappa shape index (κ1) is 15.8. The molecule has 0 atom stereocenters. The first-order valence-electron chi connectivity index (χ1n) is 7.04. The molecule has 0 unspecified atom stereocenters. The zero-order chi connectivity index (χ0) is 15.5. The maximum atomic E-state index is 12.2. The smallest absolute Gasteiger partial charge is 0.242 e. The predicted octanol–water partition coefficient (Wildman–Crippen LogP) is 0.914. The molecular weight excluding hydrogens is 290 g/mol. The number of carbonyl (C=O) groups is 1. The lowest BCUT2D eigenvalue weighted by atomic mass is 10.2. The number of hydrogen-bond acceptors (Lipinski definition) is 4. The Bertz CT molecular complexity index is 604. The predicted molar refractivity (Wildman–Crippen MR) is 81.2 cm³/mol. The van der Waals surface area contributed by atoms with Gasteiger partial charge in [-0.05, 0) is 37.8 Å². The van der Waals surface area contributed by atoms with Crippen LogP contribution in [0.5, 0.6) is 0 Å². The number of sulfonamides is 1. The fourth-order valence-corrected chi connectivity index (χ4v) is 3.53. The molecule has 1 aliphatic carbocycles. The highest BCUT2D eigenvalue weighted by atomic mass is 32.2. The second kappa shape index (κ2) is 6.44. The molecule has 21 heavy (non-hydrogen) atoms. The average Bonchev–Trinajstić information content (AvgIpc) is 3.18. The average molecular weight is 311 g/mol. The summed E-state index contributed by atoms with van der Waals surface area (Å²) in [6.45, 7) is 1.92. The zero-order valence-corrected chi connectivity index (χ0v) is 12.9. The van der Waals surface area contributed by atoms with Crippen molar-refractivity contribution in [1.82, 2.24) is 10.0 Å². The summed E-state index contributed by atoms with van der Waals surface area (Å²) in [6.07, 6.45) is 2.88. The first-order chi connectivity index (χ1) is 9.90. The minimum absolute atomic E-state index is 0.0212. The van der Waals surface area contributed by atoms with Crippen LogP contribution in [-0.2, 0) is 14.8 Å². The lowest BCUT2D eigenvalue weighted by Crippen LogP contribution is -2.29. The third-order valence-electron chi connectivity index (χ3n) is 3.33. The van der Waals surface area contributed by atoms with Crippen LogP contribution in [0.3, 0.4) is 0 Å². The van der Waals surface area contributed by atoms with Crippen molar-refractivity contribution in [2.75, 3.05) is 12.3 Å². The molecule has 1 aliphatic rings. The highest BCUT2D eigenvalue weighted by Gasteiger charge is 2.23. The summed E-state index contributed by atoms with van der Waals surface area (Å²) in [7, 11) is -3.64. The molecule has 4 N–H and O–H groups in total. The summed E-state index contributed by atoms with van der Waals surface area (Å²) in [4.78, 5) is 11.6. The van der Waals surface area contributed by atoms with Gasteiger partial charge in [0.15, 0.2) is 0 Å². The van der Waals surface area contributed by atoms with E-state index in [1.807, 2.05) is 0 Å². The van der Waals surface area contributed by atoms with Gasteiger partial charge in [-0.1, -0.05) is 12.1 Å². The van der Waals surface area contributed by atoms with Crippen LogP contribution in [0.4, 0.5) is 5.69 Å². The second-order valence-corrected chi connectivity index (χ2v) is 7.04. The lowest BCUT2D eigenvalue weighted by molar-refractivity contribution is -0.121. The maximum Gasteiger partial charge on any atom is 0.242 e. The molecule has 116 valence electrons. The highest BCUT2D eigenvalue weighted by molar-refractivity contribution is 7.89. The Morgan fingerprint density at radius 2 is 2.10 bits per heavy atom. The van der Waals surface area contributed by atoms with Gasteiger partial charge in [0.2, 0.25) is 15.9 Å². The number of rotatable bonds is 7. The van der Waals surface area contributed by atoms with Gasteiger partial charge >= 0.3 is 0 Å². The molecule has 1 saturated carbocycles. The molecule has 6 nitrogen and oxygen atoms in total. The minimum atomic E-state index is -3.64. The van der Waals surface area contributed by atoms with Crippen LogP contribution in [0, 0.1) is 6.92 Å². The van der Waals surface area contributed by atoms with E-state index in [-0.39, 0.29) is 23.0 Å². The monoisotopic (exact) mass is 311 g/mol. The third kappa shape index (κ3) is 4.44. The van der Waals surface area contributed by atoms with Crippen molar-refractivity contribution in [3.05, 3.63) is 23.8 Å². The molecule has 0 bridgehead atoms. The van der Waals surface area contributed by atoms with Gasteiger partial charge in [-0.2, -0.15) is 0 Å². The second-order valence-electron chi connectivity index (χ2n) is 5.34. The van der Waals surface area contributed by atoms with E-state index in [1.165, 1.54) is 0 Å². The Hall–Kier alpha value is -1.60. The van der Waals surface area contributed by atoms with Gasteiger partial charge < -0.3 is 11.1 Å². The maximum absolute atomic E-state index is 12.2. The number of carbonyl (C=O) groups excluding carboxylic acids is 1. The van der Waals surface area contributed by atoms with Gasteiger partial charge in [0, 0.05) is 19.0 Å². The molecule has 1 amide bonds. The van der Waals surface area contributed by atoms with Crippen LogP contribution >= 0.6 is 0 Å². The molecule has 0 spiro atoms. The fourth-order valence-electron chi connectivity index (χ4n) is 2.10. The number of aryl methyl sites for hydroxylation is 1. The van der Waals surface area contributed by atoms with Crippen molar-refractivity contribution in [2.24, 2.45) is 0 Å². The molecule has 7 heteroatoms. The molecule has 0 aromatic heterocycles. The van der Waals surface area contributed by atoms with E-state index in [0.29, 0.717) is 24.4 Å². The molecule has 2 rings (SSSR count). The van der Waals surface area contributed by atoms with Crippen molar-refractivity contribution in [3.8, 4) is 0 Å². The number of amides is 1. The van der Waals surface area contributed by atoms with Gasteiger partial charge in [-0.15, -0.1) is 0 Å². The molecule has 1 aromatic carbocycles. The van der Waals surface area contributed by atoms with Gasteiger partial charge in [0.1, 0.15) is 4.90 Å². The number of hydrogen-bond donors (Lipinski definition) is 3. The van der Waals surface area contributed by atoms with Crippen LogP contribution in [-0.4, -0.2) is 26.9 Å². The topological polar surface area (TPSA) is 101 Å². The number of nitrogen functional groups attached to an aromatic ring is 1. The molecule has 1 fully saturated rings.